The zero-order valence-electron chi connectivity index (χ0n) is 10.8. The standard InChI is InChI=1S/C11H15N3O5/c1-5-9(6(2)14(3)13-5)10(17)12-7(11(18)19)4-8(15)16/h7H,4H2,1-3H3,(H,12,17)(H,15,16)(H,18,19)/t7-/m0/s1. The van der Waals surface area contributed by atoms with E-state index in [-0.39, 0.29) is 5.56 Å². The van der Waals surface area contributed by atoms with Gasteiger partial charge in [-0.15, -0.1) is 0 Å². The molecule has 0 aliphatic heterocycles. The van der Waals surface area contributed by atoms with E-state index in [1.807, 2.05) is 0 Å². The molecule has 0 unspecified atom stereocenters. The molecule has 0 aliphatic carbocycles. The van der Waals surface area contributed by atoms with Gasteiger partial charge in [0.05, 0.1) is 17.7 Å². The maximum absolute atomic E-state index is 12.0. The number of hydrogen-bond acceptors (Lipinski definition) is 4. The fourth-order valence-electron chi connectivity index (χ4n) is 1.71. The Hall–Kier alpha value is -2.38. The number of rotatable bonds is 5. The Morgan fingerprint density at radius 3 is 2.26 bits per heavy atom. The molecule has 8 heteroatoms. The van der Waals surface area contributed by atoms with E-state index in [0.717, 1.165) is 0 Å². The molecule has 0 aliphatic rings. The normalized spacial score (nSPS) is 11.9. The molecule has 0 bridgehead atoms. The number of carboxylic acids is 2. The van der Waals surface area contributed by atoms with Crippen LogP contribution >= 0.6 is 0 Å². The van der Waals surface area contributed by atoms with Gasteiger partial charge in [-0.3, -0.25) is 14.3 Å². The molecule has 1 amide bonds. The van der Waals surface area contributed by atoms with Crippen molar-refractivity contribution in [2.75, 3.05) is 0 Å². The lowest BCUT2D eigenvalue weighted by Gasteiger charge is -2.12. The van der Waals surface area contributed by atoms with Crippen molar-refractivity contribution in [1.82, 2.24) is 15.1 Å². The fraction of sp³-hybridized carbons (Fsp3) is 0.455. The molecule has 1 aromatic heterocycles. The Bertz CT molecular complexity index is 535. The Morgan fingerprint density at radius 1 is 1.32 bits per heavy atom. The summed E-state index contributed by atoms with van der Waals surface area (Å²) in [6, 6.07) is -1.47. The minimum Gasteiger partial charge on any atom is -0.481 e. The molecule has 0 aromatic carbocycles. The first-order chi connectivity index (χ1) is 8.73. The van der Waals surface area contributed by atoms with E-state index in [4.69, 9.17) is 10.2 Å². The second kappa shape index (κ2) is 5.51. The number of amides is 1. The quantitative estimate of drug-likeness (QED) is 0.674. The number of carbonyl (C=O) groups is 3. The van der Waals surface area contributed by atoms with Gasteiger partial charge in [0.25, 0.3) is 5.91 Å². The van der Waals surface area contributed by atoms with Gasteiger partial charge >= 0.3 is 11.9 Å². The number of carboxylic acid groups (broad SMARTS) is 2. The van der Waals surface area contributed by atoms with Crippen molar-refractivity contribution in [3.05, 3.63) is 17.0 Å². The average Bonchev–Trinajstić information content (AvgIpc) is 2.51. The van der Waals surface area contributed by atoms with Gasteiger partial charge < -0.3 is 15.5 Å². The highest BCUT2D eigenvalue weighted by Gasteiger charge is 2.26. The summed E-state index contributed by atoms with van der Waals surface area (Å²) < 4.78 is 1.50. The Balaban J connectivity index is 2.94. The van der Waals surface area contributed by atoms with Gasteiger partial charge in [-0.05, 0) is 13.8 Å². The summed E-state index contributed by atoms with van der Waals surface area (Å²) in [4.78, 5) is 33.4. The molecule has 19 heavy (non-hydrogen) atoms. The summed E-state index contributed by atoms with van der Waals surface area (Å²) >= 11 is 0. The van der Waals surface area contributed by atoms with Gasteiger partial charge in [0.1, 0.15) is 6.04 Å². The van der Waals surface area contributed by atoms with Gasteiger partial charge in [-0.25, -0.2) is 4.79 Å². The van der Waals surface area contributed by atoms with Crippen LogP contribution in [0.4, 0.5) is 0 Å². The van der Waals surface area contributed by atoms with Crippen LogP contribution in [0.5, 0.6) is 0 Å². The van der Waals surface area contributed by atoms with Gasteiger partial charge in [-0.2, -0.15) is 5.10 Å². The molecule has 8 nitrogen and oxygen atoms in total. The summed E-state index contributed by atoms with van der Waals surface area (Å²) in [5.41, 5.74) is 1.30. The predicted molar refractivity (Wildman–Crippen MR) is 63.8 cm³/mol. The molecule has 1 aromatic rings. The number of hydrogen-bond donors (Lipinski definition) is 3. The third kappa shape index (κ3) is 3.30. The van der Waals surface area contributed by atoms with Crippen LogP contribution in [-0.2, 0) is 16.6 Å². The van der Waals surface area contributed by atoms with Crippen LogP contribution < -0.4 is 5.32 Å². The van der Waals surface area contributed by atoms with Crippen LogP contribution in [0, 0.1) is 13.8 Å². The van der Waals surface area contributed by atoms with Gasteiger partial charge in [0, 0.05) is 12.7 Å². The van der Waals surface area contributed by atoms with Gasteiger partial charge in [0.2, 0.25) is 0 Å². The van der Waals surface area contributed by atoms with Crippen molar-refractivity contribution >= 4 is 17.8 Å². The first-order valence-corrected chi connectivity index (χ1v) is 5.49. The van der Waals surface area contributed by atoms with Crippen LogP contribution in [0.3, 0.4) is 0 Å². The van der Waals surface area contributed by atoms with Gasteiger partial charge in [0.15, 0.2) is 0 Å². The highest BCUT2D eigenvalue weighted by atomic mass is 16.4. The topological polar surface area (TPSA) is 122 Å². The summed E-state index contributed by atoms with van der Waals surface area (Å²) in [6.07, 6.45) is -0.681. The van der Waals surface area contributed by atoms with Crippen molar-refractivity contribution in [2.45, 2.75) is 26.3 Å². The molecular formula is C11H15N3O5. The molecule has 0 fully saturated rings. The molecule has 3 N–H and O–H groups in total. The summed E-state index contributed by atoms with van der Waals surface area (Å²) in [5.74, 6) is -3.33. The minimum atomic E-state index is -1.47. The molecule has 1 rings (SSSR count). The molecule has 0 saturated carbocycles. The van der Waals surface area contributed by atoms with E-state index in [9.17, 15) is 14.4 Å². The largest absolute Gasteiger partial charge is 0.481 e. The highest BCUT2D eigenvalue weighted by molar-refractivity contribution is 5.99. The van der Waals surface area contributed by atoms with Crippen molar-refractivity contribution in [3.8, 4) is 0 Å². The monoisotopic (exact) mass is 269 g/mol. The van der Waals surface area contributed by atoms with Crippen LogP contribution in [0.25, 0.3) is 0 Å². The molecule has 1 heterocycles. The van der Waals surface area contributed by atoms with E-state index in [1.165, 1.54) is 4.68 Å². The van der Waals surface area contributed by atoms with Crippen LogP contribution in [0.2, 0.25) is 0 Å². The second-order valence-electron chi connectivity index (χ2n) is 4.13. The minimum absolute atomic E-state index is 0.263. The summed E-state index contributed by atoms with van der Waals surface area (Å²) in [5, 5.41) is 23.7. The zero-order chi connectivity index (χ0) is 14.7. The van der Waals surface area contributed by atoms with E-state index in [2.05, 4.69) is 10.4 Å². The van der Waals surface area contributed by atoms with E-state index < -0.39 is 30.3 Å². The average molecular weight is 269 g/mol. The van der Waals surface area contributed by atoms with E-state index >= 15 is 0 Å². The molecular weight excluding hydrogens is 254 g/mol. The molecule has 1 atom stereocenters. The fourth-order valence-corrected chi connectivity index (χ4v) is 1.71. The highest BCUT2D eigenvalue weighted by Crippen LogP contribution is 2.12. The number of nitrogens with zero attached hydrogens (tertiary/aromatic N) is 2. The van der Waals surface area contributed by atoms with Crippen LogP contribution in [0.1, 0.15) is 28.2 Å². The van der Waals surface area contributed by atoms with Crippen LogP contribution in [0.15, 0.2) is 0 Å². The van der Waals surface area contributed by atoms with Crippen molar-refractivity contribution in [2.24, 2.45) is 7.05 Å². The number of carbonyl (C=O) groups excluding carboxylic acids is 1. The lowest BCUT2D eigenvalue weighted by molar-refractivity contribution is -0.145. The maximum atomic E-state index is 12.0. The Labute approximate surface area is 109 Å². The first kappa shape index (κ1) is 14.7. The van der Waals surface area contributed by atoms with E-state index in [0.29, 0.717) is 11.4 Å². The second-order valence-corrected chi connectivity index (χ2v) is 4.13. The number of aliphatic carboxylic acids is 2. The van der Waals surface area contributed by atoms with Gasteiger partial charge in [-0.1, -0.05) is 0 Å². The lowest BCUT2D eigenvalue weighted by Crippen LogP contribution is -2.42. The molecule has 0 radical (unpaired) electrons. The molecule has 0 spiro atoms. The molecule has 104 valence electrons. The number of aromatic nitrogens is 2. The summed E-state index contributed by atoms with van der Waals surface area (Å²) in [6.45, 7) is 3.29. The number of nitrogens with one attached hydrogen (secondary N) is 1. The SMILES string of the molecule is Cc1nn(C)c(C)c1C(=O)N[C@@H](CC(=O)O)C(=O)O. The number of aryl methyl sites for hydroxylation is 2. The van der Waals surface area contributed by atoms with Crippen molar-refractivity contribution < 1.29 is 24.6 Å². The predicted octanol–water partition coefficient (Wildman–Crippen LogP) is -0.305. The first-order valence-electron chi connectivity index (χ1n) is 5.49. The van der Waals surface area contributed by atoms with Crippen molar-refractivity contribution in [1.29, 1.82) is 0 Å². The van der Waals surface area contributed by atoms with Crippen LogP contribution in [-0.4, -0.2) is 43.9 Å². The van der Waals surface area contributed by atoms with Crippen molar-refractivity contribution in [3.63, 3.8) is 0 Å². The zero-order valence-corrected chi connectivity index (χ0v) is 10.8. The van der Waals surface area contributed by atoms with E-state index in [1.54, 1.807) is 20.9 Å². The Morgan fingerprint density at radius 2 is 1.89 bits per heavy atom. The third-order valence-corrected chi connectivity index (χ3v) is 2.72. The maximum Gasteiger partial charge on any atom is 0.326 e. The Kier molecular flexibility index (Phi) is 4.26. The third-order valence-electron chi connectivity index (χ3n) is 2.72. The smallest absolute Gasteiger partial charge is 0.326 e. The lowest BCUT2D eigenvalue weighted by atomic mass is 10.1. The summed E-state index contributed by atoms with van der Waals surface area (Å²) in [7, 11) is 1.66. The molecule has 0 saturated heterocycles.